The minimum absolute atomic E-state index is 0.0763. The van der Waals surface area contributed by atoms with Crippen molar-refractivity contribution in [2.24, 2.45) is 0 Å². The summed E-state index contributed by atoms with van der Waals surface area (Å²) >= 11 is 0. The zero-order chi connectivity index (χ0) is 15.6. The van der Waals surface area contributed by atoms with Crippen molar-refractivity contribution in [3.05, 3.63) is 57.9 Å². The average molecular weight is 284 g/mol. The highest BCUT2D eigenvalue weighted by atomic mass is 16.5. The van der Waals surface area contributed by atoms with Crippen LogP contribution in [0.2, 0.25) is 0 Å². The second-order valence-corrected chi connectivity index (χ2v) is 5.48. The lowest BCUT2D eigenvalue weighted by molar-refractivity contribution is 0.401. The summed E-state index contributed by atoms with van der Waals surface area (Å²) in [6.45, 7) is 8.28. The van der Waals surface area contributed by atoms with Gasteiger partial charge >= 0.3 is 0 Å². The van der Waals surface area contributed by atoms with Crippen LogP contribution in [0.15, 0.2) is 24.3 Å². The SMILES string of the molecule is CNC(c1ccc(C)nc1C)c1ccc(C)c(C)c1OC. The molecule has 1 N–H and O–H groups in total. The van der Waals surface area contributed by atoms with E-state index in [-0.39, 0.29) is 6.04 Å². The van der Waals surface area contributed by atoms with Crippen LogP contribution in [0.3, 0.4) is 0 Å². The molecule has 1 aromatic heterocycles. The van der Waals surface area contributed by atoms with Gasteiger partial charge in [0.15, 0.2) is 0 Å². The van der Waals surface area contributed by atoms with E-state index in [4.69, 9.17) is 4.74 Å². The van der Waals surface area contributed by atoms with Gasteiger partial charge in [0, 0.05) is 17.0 Å². The zero-order valence-corrected chi connectivity index (χ0v) is 13.7. The quantitative estimate of drug-likeness (QED) is 0.931. The Hall–Kier alpha value is -1.87. The highest BCUT2D eigenvalue weighted by Gasteiger charge is 2.20. The summed E-state index contributed by atoms with van der Waals surface area (Å²) < 4.78 is 5.66. The van der Waals surface area contributed by atoms with E-state index in [1.54, 1.807) is 7.11 Å². The molecule has 0 radical (unpaired) electrons. The first-order valence-electron chi connectivity index (χ1n) is 7.25. The molecule has 3 nitrogen and oxygen atoms in total. The fourth-order valence-electron chi connectivity index (χ4n) is 2.79. The molecule has 0 fully saturated rings. The Kier molecular flexibility index (Phi) is 4.63. The second-order valence-electron chi connectivity index (χ2n) is 5.48. The average Bonchev–Trinajstić information content (AvgIpc) is 2.45. The summed E-state index contributed by atoms with van der Waals surface area (Å²) in [6.07, 6.45) is 0. The lowest BCUT2D eigenvalue weighted by Crippen LogP contribution is -2.20. The number of methoxy groups -OCH3 is 1. The first kappa shape index (κ1) is 15.5. The van der Waals surface area contributed by atoms with Crippen LogP contribution in [0.25, 0.3) is 0 Å². The highest BCUT2D eigenvalue weighted by Crippen LogP contribution is 2.34. The molecule has 1 unspecified atom stereocenters. The maximum absolute atomic E-state index is 5.66. The third-order valence-corrected chi connectivity index (χ3v) is 4.09. The van der Waals surface area contributed by atoms with Crippen LogP contribution < -0.4 is 10.1 Å². The van der Waals surface area contributed by atoms with E-state index >= 15 is 0 Å². The molecule has 21 heavy (non-hydrogen) atoms. The van der Waals surface area contributed by atoms with Crippen molar-refractivity contribution >= 4 is 0 Å². The third-order valence-electron chi connectivity index (χ3n) is 4.09. The molecular weight excluding hydrogens is 260 g/mol. The van der Waals surface area contributed by atoms with Crippen LogP contribution in [0, 0.1) is 27.7 Å². The van der Waals surface area contributed by atoms with Gasteiger partial charge in [0.1, 0.15) is 5.75 Å². The summed E-state index contributed by atoms with van der Waals surface area (Å²) in [5.41, 5.74) is 6.85. The van der Waals surface area contributed by atoms with E-state index in [9.17, 15) is 0 Å². The largest absolute Gasteiger partial charge is 0.496 e. The van der Waals surface area contributed by atoms with E-state index in [0.29, 0.717) is 0 Å². The van der Waals surface area contributed by atoms with Gasteiger partial charge in [-0.2, -0.15) is 0 Å². The molecule has 1 atom stereocenters. The maximum Gasteiger partial charge on any atom is 0.127 e. The van der Waals surface area contributed by atoms with Crippen molar-refractivity contribution in [3.63, 3.8) is 0 Å². The summed E-state index contributed by atoms with van der Waals surface area (Å²) in [5.74, 6) is 0.953. The fraction of sp³-hybridized carbons (Fsp3) is 0.389. The molecular formula is C18H24N2O. The summed E-state index contributed by atoms with van der Waals surface area (Å²) in [6, 6.07) is 8.57. The standard InChI is InChI=1S/C18H24N2O/c1-11-7-9-16(18(21-6)13(11)3)17(19-5)15-10-8-12(2)20-14(15)4/h7-10,17,19H,1-6H3. The molecule has 0 saturated heterocycles. The summed E-state index contributed by atoms with van der Waals surface area (Å²) in [5, 5.41) is 3.40. The molecule has 0 saturated carbocycles. The monoisotopic (exact) mass is 284 g/mol. The predicted molar refractivity (Wildman–Crippen MR) is 87.1 cm³/mol. The van der Waals surface area contributed by atoms with Crippen LogP contribution in [0.5, 0.6) is 5.75 Å². The lowest BCUT2D eigenvalue weighted by Gasteiger charge is -2.23. The number of hydrogen-bond acceptors (Lipinski definition) is 3. The van der Waals surface area contributed by atoms with Gasteiger partial charge in [-0.1, -0.05) is 18.2 Å². The highest BCUT2D eigenvalue weighted by molar-refractivity contribution is 5.50. The van der Waals surface area contributed by atoms with E-state index in [0.717, 1.165) is 22.7 Å². The first-order valence-corrected chi connectivity index (χ1v) is 7.25. The number of nitrogens with zero attached hydrogens (tertiary/aromatic N) is 1. The Morgan fingerprint density at radius 1 is 1.00 bits per heavy atom. The van der Waals surface area contributed by atoms with Gasteiger partial charge in [-0.15, -0.1) is 0 Å². The molecule has 1 heterocycles. The predicted octanol–water partition coefficient (Wildman–Crippen LogP) is 3.63. The first-order chi connectivity index (χ1) is 9.99. The molecule has 0 aliphatic rings. The minimum Gasteiger partial charge on any atom is -0.496 e. The van der Waals surface area contributed by atoms with Crippen LogP contribution in [-0.2, 0) is 0 Å². The molecule has 0 aliphatic heterocycles. The van der Waals surface area contributed by atoms with Gasteiger partial charge in [0.25, 0.3) is 0 Å². The van der Waals surface area contributed by atoms with Crippen molar-refractivity contribution in [2.45, 2.75) is 33.7 Å². The molecule has 0 bridgehead atoms. The Balaban J connectivity index is 2.59. The van der Waals surface area contributed by atoms with Crippen molar-refractivity contribution in [1.82, 2.24) is 10.3 Å². The van der Waals surface area contributed by atoms with Gasteiger partial charge in [-0.05, 0) is 57.5 Å². The van der Waals surface area contributed by atoms with Crippen LogP contribution in [0.1, 0.15) is 39.7 Å². The number of pyridine rings is 1. The molecule has 112 valence electrons. The zero-order valence-electron chi connectivity index (χ0n) is 13.7. The van der Waals surface area contributed by atoms with E-state index in [1.807, 2.05) is 14.0 Å². The molecule has 0 aliphatic carbocycles. The Labute approximate surface area is 127 Å². The number of hydrogen-bond donors (Lipinski definition) is 1. The topological polar surface area (TPSA) is 34.2 Å². The molecule has 2 rings (SSSR count). The van der Waals surface area contributed by atoms with Gasteiger partial charge < -0.3 is 10.1 Å². The number of rotatable bonds is 4. The fourth-order valence-corrected chi connectivity index (χ4v) is 2.79. The van der Waals surface area contributed by atoms with Gasteiger partial charge in [-0.25, -0.2) is 0 Å². The van der Waals surface area contributed by atoms with Crippen molar-refractivity contribution < 1.29 is 4.74 Å². The van der Waals surface area contributed by atoms with E-state index < -0.39 is 0 Å². The van der Waals surface area contributed by atoms with E-state index in [1.165, 1.54) is 16.7 Å². The Morgan fingerprint density at radius 3 is 2.24 bits per heavy atom. The van der Waals surface area contributed by atoms with Crippen molar-refractivity contribution in [1.29, 1.82) is 0 Å². The lowest BCUT2D eigenvalue weighted by atomic mass is 9.93. The maximum atomic E-state index is 5.66. The summed E-state index contributed by atoms with van der Waals surface area (Å²) in [7, 11) is 3.71. The van der Waals surface area contributed by atoms with Crippen LogP contribution in [0.4, 0.5) is 0 Å². The third kappa shape index (κ3) is 2.93. The Morgan fingerprint density at radius 2 is 1.67 bits per heavy atom. The second kappa shape index (κ2) is 6.27. The number of nitrogens with one attached hydrogen (secondary N) is 1. The minimum atomic E-state index is 0.0763. The Bertz CT molecular complexity index is 650. The number of aryl methyl sites for hydroxylation is 3. The summed E-state index contributed by atoms with van der Waals surface area (Å²) in [4.78, 5) is 4.58. The smallest absolute Gasteiger partial charge is 0.127 e. The molecule has 3 heteroatoms. The normalized spacial score (nSPS) is 12.3. The number of benzene rings is 1. The molecule has 0 spiro atoms. The van der Waals surface area contributed by atoms with Crippen LogP contribution in [-0.4, -0.2) is 19.1 Å². The van der Waals surface area contributed by atoms with E-state index in [2.05, 4.69) is 55.3 Å². The molecule has 2 aromatic rings. The van der Waals surface area contributed by atoms with Crippen molar-refractivity contribution in [3.8, 4) is 5.75 Å². The number of aromatic nitrogens is 1. The van der Waals surface area contributed by atoms with Crippen LogP contribution >= 0.6 is 0 Å². The van der Waals surface area contributed by atoms with Gasteiger partial charge in [0.2, 0.25) is 0 Å². The number of ether oxygens (including phenoxy) is 1. The van der Waals surface area contributed by atoms with Gasteiger partial charge in [-0.3, -0.25) is 4.98 Å². The molecule has 1 aromatic carbocycles. The van der Waals surface area contributed by atoms with Gasteiger partial charge in [0.05, 0.1) is 13.2 Å². The van der Waals surface area contributed by atoms with Crippen molar-refractivity contribution in [2.75, 3.05) is 14.2 Å². The molecule has 0 amide bonds.